The Bertz CT molecular complexity index is 52.4. The van der Waals surface area contributed by atoms with E-state index in [2.05, 4.69) is 0 Å². The van der Waals surface area contributed by atoms with Crippen LogP contribution >= 0.6 is 24.8 Å². The molecule has 3 heteroatoms. The molecule has 0 atom stereocenters. The van der Waals surface area contributed by atoms with Crippen LogP contribution in [0, 0.1) is 6.58 Å². The van der Waals surface area contributed by atoms with E-state index >= 15 is 0 Å². The van der Waals surface area contributed by atoms with Crippen LogP contribution in [0.3, 0.4) is 0 Å². The van der Waals surface area contributed by atoms with Gasteiger partial charge in [0.25, 0.3) is 0 Å². The molecule has 0 fully saturated rings. The van der Waals surface area contributed by atoms with Gasteiger partial charge in [0.2, 0.25) is 0 Å². The Morgan fingerprint density at radius 1 is 1.25 bits per heavy atom. The van der Waals surface area contributed by atoms with E-state index in [9.17, 15) is 0 Å². The van der Waals surface area contributed by atoms with Gasteiger partial charge in [0.1, 0.15) is 0 Å². The van der Waals surface area contributed by atoms with Crippen molar-refractivity contribution in [3.8, 4) is 0 Å². The molecule has 0 nitrogen and oxygen atoms in total. The van der Waals surface area contributed by atoms with Crippen LogP contribution in [0.1, 0.15) is 6.92 Å². The molecule has 0 spiro atoms. The first-order valence-electron chi connectivity index (χ1n) is 1.58. The van der Waals surface area contributed by atoms with E-state index in [1.807, 2.05) is 13.0 Å². The van der Waals surface area contributed by atoms with Crippen molar-refractivity contribution in [3.63, 3.8) is 0 Å². The molecule has 0 unspecified atom stereocenters. The van der Waals surface area contributed by atoms with E-state index in [4.69, 9.17) is 6.58 Å². The zero-order valence-electron chi connectivity index (χ0n) is 4.63. The fourth-order valence-corrected chi connectivity index (χ4v) is 0.111. The van der Waals surface area contributed by atoms with Crippen molar-refractivity contribution in [2.45, 2.75) is 6.92 Å². The summed E-state index contributed by atoms with van der Waals surface area (Å²) in [5, 5.41) is 0. The molecule has 48 valence electrons. The molecule has 0 aliphatic carbocycles. The predicted octanol–water partition coefficient (Wildman–Crippen LogP) is 2.39. The quantitative estimate of drug-likeness (QED) is 0.336. The third-order valence-electron chi connectivity index (χ3n) is 0.304. The third-order valence-corrected chi connectivity index (χ3v) is 0.304. The van der Waals surface area contributed by atoms with Gasteiger partial charge in [0.15, 0.2) is 0 Å². The number of rotatable bonds is 1. The van der Waals surface area contributed by atoms with Gasteiger partial charge in [0, 0.05) is 21.7 Å². The number of halogens is 2. The maximum absolute atomic E-state index is 4.93. The Hall–Kier alpha value is 0.774. The number of allylic oxidation sites excluding steroid dienone is 3. The second-order valence-electron chi connectivity index (χ2n) is 0.718. The molecular weight excluding hydrogens is 179 g/mol. The van der Waals surface area contributed by atoms with Gasteiger partial charge in [-0.3, -0.25) is 6.58 Å². The first kappa shape index (κ1) is 23.3. The summed E-state index contributed by atoms with van der Waals surface area (Å²) >= 11 is 0. The standard InChI is InChI=1S/C5H7.2ClH.Ti/c1-3-5-4-2;;;/h1,3-5H,2H3;2*1H;/q-1;;;. The van der Waals surface area contributed by atoms with Gasteiger partial charge in [-0.1, -0.05) is 6.92 Å². The third kappa shape index (κ3) is 29.3. The molecule has 0 aromatic rings. The molecule has 0 aliphatic heterocycles. The summed E-state index contributed by atoms with van der Waals surface area (Å²) < 4.78 is 0. The van der Waals surface area contributed by atoms with Gasteiger partial charge in [-0.05, 0) is 0 Å². The van der Waals surface area contributed by atoms with Gasteiger partial charge < -0.3 is 0 Å². The molecule has 0 rings (SSSR count). The molecule has 0 aromatic heterocycles. The monoisotopic (exact) mass is 187 g/mol. The van der Waals surface area contributed by atoms with Crippen molar-refractivity contribution >= 4 is 24.8 Å². The molecule has 0 saturated heterocycles. The Labute approximate surface area is 78.1 Å². The zero-order valence-corrected chi connectivity index (χ0v) is 7.82. The van der Waals surface area contributed by atoms with Crippen LogP contribution in [0.15, 0.2) is 18.2 Å². The molecule has 0 aliphatic rings. The summed E-state index contributed by atoms with van der Waals surface area (Å²) in [6, 6.07) is 0. The second-order valence-corrected chi connectivity index (χ2v) is 0.718. The van der Waals surface area contributed by atoms with Crippen molar-refractivity contribution in [2.75, 3.05) is 0 Å². The molecule has 0 N–H and O–H groups in total. The van der Waals surface area contributed by atoms with E-state index in [1.165, 1.54) is 6.08 Å². The minimum Gasteiger partial charge on any atom is -0.293 e. The minimum absolute atomic E-state index is 0. The average molecular weight is 188 g/mol. The summed E-state index contributed by atoms with van der Waals surface area (Å²) in [4.78, 5) is 0. The molecule has 0 bridgehead atoms. The van der Waals surface area contributed by atoms with Gasteiger partial charge in [-0.25, -0.2) is 12.2 Å². The first-order chi connectivity index (χ1) is 2.41. The Morgan fingerprint density at radius 3 is 1.62 bits per heavy atom. The summed E-state index contributed by atoms with van der Waals surface area (Å²) in [6.45, 7) is 6.85. The normalized spacial score (nSPS) is 5.62. The number of hydrogen-bond acceptors (Lipinski definition) is 0. The Kier molecular flexibility index (Phi) is 72.8. The van der Waals surface area contributed by atoms with Crippen LogP contribution in [0.2, 0.25) is 0 Å². The van der Waals surface area contributed by atoms with Gasteiger partial charge in [0.05, 0.1) is 0 Å². The average Bonchev–Trinajstić information content (AvgIpc) is 1.41. The van der Waals surface area contributed by atoms with Crippen molar-refractivity contribution < 1.29 is 21.7 Å². The van der Waals surface area contributed by atoms with Crippen molar-refractivity contribution in [3.05, 3.63) is 24.8 Å². The predicted molar refractivity (Wildman–Crippen MR) is 38.2 cm³/mol. The maximum atomic E-state index is 4.93. The SMILES string of the molecule is Cl.Cl.[CH-]=CC=CC.[Ti]. The Morgan fingerprint density at radius 2 is 1.62 bits per heavy atom. The summed E-state index contributed by atoms with van der Waals surface area (Å²) in [6.07, 6.45) is 5.15. The van der Waals surface area contributed by atoms with Crippen LogP contribution in [0.4, 0.5) is 0 Å². The second kappa shape index (κ2) is 25.0. The van der Waals surface area contributed by atoms with Gasteiger partial charge >= 0.3 is 0 Å². The van der Waals surface area contributed by atoms with E-state index in [0.717, 1.165) is 0 Å². The molecule has 8 heavy (non-hydrogen) atoms. The Balaban J connectivity index is -0.0000000267. The fourth-order valence-electron chi connectivity index (χ4n) is 0.111. The van der Waals surface area contributed by atoms with E-state index in [1.54, 1.807) is 6.08 Å². The molecule has 0 amide bonds. The van der Waals surface area contributed by atoms with Crippen LogP contribution in [-0.2, 0) is 21.7 Å². The van der Waals surface area contributed by atoms with Gasteiger partial charge in [-0.15, -0.1) is 24.8 Å². The topological polar surface area (TPSA) is 0 Å². The largest absolute Gasteiger partial charge is 0.293 e. The zero-order chi connectivity index (χ0) is 4.12. The van der Waals surface area contributed by atoms with E-state index < -0.39 is 0 Å². The minimum atomic E-state index is 0. The summed E-state index contributed by atoms with van der Waals surface area (Å²) in [5.41, 5.74) is 0. The molecular formula is C5H9Cl2Ti-. The summed E-state index contributed by atoms with van der Waals surface area (Å²) in [7, 11) is 0. The molecule has 0 radical (unpaired) electrons. The first-order valence-corrected chi connectivity index (χ1v) is 1.58. The fraction of sp³-hybridized carbons (Fsp3) is 0.200. The van der Waals surface area contributed by atoms with Crippen molar-refractivity contribution in [1.29, 1.82) is 0 Å². The molecule has 0 aromatic carbocycles. The van der Waals surface area contributed by atoms with Gasteiger partial charge in [-0.2, -0.15) is 6.08 Å². The van der Waals surface area contributed by atoms with Crippen molar-refractivity contribution in [1.82, 2.24) is 0 Å². The van der Waals surface area contributed by atoms with Crippen LogP contribution < -0.4 is 0 Å². The summed E-state index contributed by atoms with van der Waals surface area (Å²) in [5.74, 6) is 0. The molecule has 0 saturated carbocycles. The molecule has 0 heterocycles. The van der Waals surface area contributed by atoms with Crippen LogP contribution in [0.5, 0.6) is 0 Å². The smallest absolute Gasteiger partial charge is 0 e. The maximum Gasteiger partial charge on any atom is 0 e. The number of hydrogen-bond donors (Lipinski definition) is 0. The van der Waals surface area contributed by atoms with E-state index in [0.29, 0.717) is 0 Å². The van der Waals surface area contributed by atoms with Crippen LogP contribution in [-0.4, -0.2) is 0 Å². The van der Waals surface area contributed by atoms with Crippen LogP contribution in [0.25, 0.3) is 0 Å². The van der Waals surface area contributed by atoms with E-state index in [-0.39, 0.29) is 46.5 Å². The van der Waals surface area contributed by atoms with Crippen molar-refractivity contribution in [2.24, 2.45) is 0 Å².